The van der Waals surface area contributed by atoms with Crippen LogP contribution < -0.4 is 4.90 Å². The maximum Gasteiger partial charge on any atom is 0.254 e. The summed E-state index contributed by atoms with van der Waals surface area (Å²) in [4.78, 5) is 20.2. The van der Waals surface area contributed by atoms with E-state index >= 15 is 0 Å². The zero-order valence-corrected chi connectivity index (χ0v) is 16.1. The Labute approximate surface area is 156 Å². The van der Waals surface area contributed by atoms with Crippen LogP contribution in [-0.4, -0.2) is 74.7 Å². The summed E-state index contributed by atoms with van der Waals surface area (Å²) in [6.45, 7) is 4.85. The van der Waals surface area contributed by atoms with E-state index in [1.165, 1.54) is 6.42 Å². The molecule has 1 aromatic carbocycles. The molecule has 2 bridgehead atoms. The van der Waals surface area contributed by atoms with Crippen molar-refractivity contribution in [2.24, 2.45) is 5.92 Å². The lowest BCUT2D eigenvalue weighted by atomic mass is 9.94. The molecule has 1 amide bonds. The molecule has 5 nitrogen and oxygen atoms in total. The van der Waals surface area contributed by atoms with Crippen molar-refractivity contribution >= 4 is 11.6 Å². The molecule has 2 atom stereocenters. The van der Waals surface area contributed by atoms with Gasteiger partial charge in [0.1, 0.15) is 0 Å². The van der Waals surface area contributed by atoms with Gasteiger partial charge in [-0.2, -0.15) is 0 Å². The Bertz CT molecular complexity index is 642. The van der Waals surface area contributed by atoms with Crippen LogP contribution in [0.25, 0.3) is 0 Å². The number of fused-ring (bicyclic) bond motifs is 4. The van der Waals surface area contributed by atoms with Gasteiger partial charge in [0.25, 0.3) is 5.91 Å². The Hall–Kier alpha value is -1.59. The number of rotatable bonds is 3. The summed E-state index contributed by atoms with van der Waals surface area (Å²) in [5.41, 5.74) is 1.90. The van der Waals surface area contributed by atoms with Crippen LogP contribution in [0.15, 0.2) is 24.3 Å². The van der Waals surface area contributed by atoms with E-state index in [-0.39, 0.29) is 5.91 Å². The second kappa shape index (κ2) is 7.57. The Morgan fingerprint density at radius 2 is 1.85 bits per heavy atom. The van der Waals surface area contributed by atoms with Gasteiger partial charge >= 0.3 is 0 Å². The van der Waals surface area contributed by atoms with E-state index in [9.17, 15) is 4.79 Å². The van der Waals surface area contributed by atoms with E-state index in [0.29, 0.717) is 18.0 Å². The van der Waals surface area contributed by atoms with Gasteiger partial charge < -0.3 is 14.5 Å². The van der Waals surface area contributed by atoms with Gasteiger partial charge in [-0.15, -0.1) is 0 Å². The zero-order chi connectivity index (χ0) is 18.1. The summed E-state index contributed by atoms with van der Waals surface area (Å²) < 4.78 is 5.54. The normalized spacial score (nSPS) is 27.4. The molecule has 0 radical (unpaired) electrons. The van der Waals surface area contributed by atoms with Gasteiger partial charge in [0.15, 0.2) is 0 Å². The Morgan fingerprint density at radius 1 is 1.04 bits per heavy atom. The highest BCUT2D eigenvalue weighted by Gasteiger charge is 2.39. The molecular formula is C21H31N3O2. The van der Waals surface area contributed by atoms with Gasteiger partial charge in [0.05, 0.1) is 0 Å². The Balaban J connectivity index is 1.51. The van der Waals surface area contributed by atoms with Crippen LogP contribution in [0.5, 0.6) is 0 Å². The third-order valence-electron chi connectivity index (χ3n) is 6.32. The number of anilines is 1. The van der Waals surface area contributed by atoms with Crippen LogP contribution in [0, 0.1) is 5.92 Å². The van der Waals surface area contributed by atoms with Gasteiger partial charge in [-0.05, 0) is 49.8 Å². The van der Waals surface area contributed by atoms with E-state index in [0.717, 1.165) is 63.4 Å². The third kappa shape index (κ3) is 3.60. The molecule has 4 heterocycles. The van der Waals surface area contributed by atoms with Gasteiger partial charge in [-0.1, -0.05) is 6.07 Å². The van der Waals surface area contributed by atoms with Gasteiger partial charge in [0, 0.05) is 70.3 Å². The molecule has 0 aliphatic carbocycles. The lowest BCUT2D eigenvalue weighted by Gasteiger charge is -2.37. The van der Waals surface area contributed by atoms with Crippen LogP contribution in [-0.2, 0) is 4.74 Å². The lowest BCUT2D eigenvalue weighted by Crippen LogP contribution is -2.48. The van der Waals surface area contributed by atoms with Crippen molar-refractivity contribution in [3.8, 4) is 0 Å². The SMILES string of the molecule is CN(C)c1cccc(C(=O)N2C[C@@H]3CC[C@H]2CN(C2CCOCC2)C3)c1. The third-order valence-corrected chi connectivity index (χ3v) is 6.32. The first-order chi connectivity index (χ1) is 12.6. The maximum absolute atomic E-state index is 13.3. The highest BCUT2D eigenvalue weighted by molar-refractivity contribution is 5.95. The van der Waals surface area contributed by atoms with E-state index in [1.807, 2.05) is 32.3 Å². The number of nitrogens with zero attached hydrogens (tertiary/aromatic N) is 3. The molecule has 0 spiro atoms. The smallest absolute Gasteiger partial charge is 0.254 e. The molecule has 0 N–H and O–H groups in total. The van der Waals surface area contributed by atoms with Crippen molar-refractivity contribution in [1.29, 1.82) is 0 Å². The summed E-state index contributed by atoms with van der Waals surface area (Å²) >= 11 is 0. The molecular weight excluding hydrogens is 326 g/mol. The van der Waals surface area contributed by atoms with Crippen molar-refractivity contribution < 1.29 is 9.53 Å². The molecule has 4 aliphatic rings. The highest BCUT2D eigenvalue weighted by atomic mass is 16.5. The van der Waals surface area contributed by atoms with Crippen molar-refractivity contribution in [3.63, 3.8) is 0 Å². The summed E-state index contributed by atoms with van der Waals surface area (Å²) in [5, 5.41) is 0. The minimum Gasteiger partial charge on any atom is -0.381 e. The van der Waals surface area contributed by atoms with E-state index in [1.54, 1.807) is 0 Å². The number of hydrogen-bond donors (Lipinski definition) is 0. The van der Waals surface area contributed by atoms with Crippen LogP contribution >= 0.6 is 0 Å². The average Bonchev–Trinajstić information content (AvgIpc) is 3.00. The van der Waals surface area contributed by atoms with Gasteiger partial charge in [-0.3, -0.25) is 9.69 Å². The summed E-state index contributed by atoms with van der Waals surface area (Å²) in [6, 6.07) is 9.03. The highest BCUT2D eigenvalue weighted by Crippen LogP contribution is 2.32. The first-order valence-electron chi connectivity index (χ1n) is 10.0. The number of carbonyl (C=O) groups excluding carboxylic acids is 1. The molecule has 26 heavy (non-hydrogen) atoms. The lowest BCUT2D eigenvalue weighted by molar-refractivity contribution is 0.0304. The van der Waals surface area contributed by atoms with Crippen molar-refractivity contribution in [3.05, 3.63) is 29.8 Å². The molecule has 4 aliphatic heterocycles. The largest absolute Gasteiger partial charge is 0.381 e. The number of benzene rings is 1. The topological polar surface area (TPSA) is 36.0 Å². The first-order valence-corrected chi connectivity index (χ1v) is 10.0. The first kappa shape index (κ1) is 17.8. The van der Waals surface area contributed by atoms with Crippen molar-refractivity contribution in [1.82, 2.24) is 9.80 Å². The monoisotopic (exact) mass is 357 g/mol. The van der Waals surface area contributed by atoms with Crippen LogP contribution in [0.1, 0.15) is 36.0 Å². The molecule has 5 heteroatoms. The molecule has 1 aromatic rings. The second-order valence-corrected chi connectivity index (χ2v) is 8.30. The number of carbonyl (C=O) groups is 1. The predicted molar refractivity (Wildman–Crippen MR) is 104 cm³/mol. The second-order valence-electron chi connectivity index (χ2n) is 8.30. The molecule has 0 unspecified atom stereocenters. The van der Waals surface area contributed by atoms with E-state index in [4.69, 9.17) is 4.74 Å². The van der Waals surface area contributed by atoms with Gasteiger partial charge in [0.2, 0.25) is 0 Å². The molecule has 0 aromatic heterocycles. The van der Waals surface area contributed by atoms with Crippen LogP contribution in [0.3, 0.4) is 0 Å². The Kier molecular flexibility index (Phi) is 5.18. The predicted octanol–water partition coefficient (Wildman–Crippen LogP) is 2.47. The fourth-order valence-electron chi connectivity index (χ4n) is 4.80. The van der Waals surface area contributed by atoms with Crippen molar-refractivity contribution in [2.75, 3.05) is 51.8 Å². The number of amides is 1. The zero-order valence-electron chi connectivity index (χ0n) is 16.1. The quantitative estimate of drug-likeness (QED) is 0.833. The standard InChI is InChI=1S/C21H31N3O2/c1-22(2)19-5-3-4-17(12-19)21(25)24-14-16-6-7-20(24)15-23(13-16)18-8-10-26-11-9-18/h3-5,12,16,18,20H,6-11,13-15H2,1-2H3/t16-,20+/m1/s1. The maximum atomic E-state index is 13.3. The van der Waals surface area contributed by atoms with Crippen LogP contribution in [0.4, 0.5) is 5.69 Å². The van der Waals surface area contributed by atoms with E-state index in [2.05, 4.69) is 20.8 Å². The average molecular weight is 357 g/mol. The molecule has 4 saturated heterocycles. The summed E-state index contributed by atoms with van der Waals surface area (Å²) in [7, 11) is 4.03. The fourth-order valence-corrected chi connectivity index (χ4v) is 4.80. The molecule has 142 valence electrons. The Morgan fingerprint density at radius 3 is 2.62 bits per heavy atom. The van der Waals surface area contributed by atoms with Crippen molar-refractivity contribution in [2.45, 2.75) is 37.8 Å². The number of hydrogen-bond acceptors (Lipinski definition) is 4. The minimum absolute atomic E-state index is 0.206. The number of ether oxygens (including phenoxy) is 1. The summed E-state index contributed by atoms with van der Waals surface area (Å²) in [5.74, 6) is 0.815. The van der Waals surface area contributed by atoms with Crippen LogP contribution in [0.2, 0.25) is 0 Å². The molecule has 0 saturated carbocycles. The summed E-state index contributed by atoms with van der Waals surface area (Å²) in [6.07, 6.45) is 4.67. The molecule has 5 rings (SSSR count). The van der Waals surface area contributed by atoms with Gasteiger partial charge in [-0.25, -0.2) is 0 Å². The fraction of sp³-hybridized carbons (Fsp3) is 0.667. The van der Waals surface area contributed by atoms with E-state index < -0.39 is 0 Å². The number of piperidine rings is 1. The minimum atomic E-state index is 0.206. The molecule has 4 fully saturated rings.